The maximum Gasteiger partial charge on any atom is 0.335 e. The monoisotopic (exact) mass is 1200 g/mol. The zero-order valence-corrected chi connectivity index (χ0v) is 50.5. The minimum absolute atomic E-state index is 0.0201. The number of hydrogen-bond acceptors (Lipinski definition) is 12. The van der Waals surface area contributed by atoms with E-state index in [4.69, 9.17) is 0 Å². The Morgan fingerprint density at radius 2 is 0.932 bits per heavy atom. The number of carboxylic acids is 1. The standard InChI is InChI=1S/C35H39N7O4S.C33H33N5O3/c1-39(2)47(45,46)38-33(43)26-13-14-29-30(22-26)42-23-27(34(44)40-17-19-41(20-18-40)35-36-15-8-16-37-35)21-25-11-6-7-12-28(25)32(42)31(29)24-9-4-3-5-10-24;39-31(36-15-17-37(18-16-36)33-34-13-6-14-35-33)25-19-23-9-4-5-10-26(23)30-29(22-7-2-1-3-8-22)27-12-11-24(32(40)41)20-28(27)38(30)21-25/h6-8,11-16,21-22,24H,3-5,9-10,17-20,23H2,1-2H3,(H,38,43);4-6,9-14,19-20,22H,1-3,7-8,15-18,21H2,(H,40,41). The van der Waals surface area contributed by atoms with Gasteiger partial charge in [-0.3, -0.25) is 14.4 Å². The lowest BCUT2D eigenvalue weighted by molar-refractivity contribution is -0.128. The lowest BCUT2D eigenvalue weighted by Gasteiger charge is -2.35. The van der Waals surface area contributed by atoms with Gasteiger partial charge in [0.25, 0.3) is 17.7 Å². The molecule has 0 atom stereocenters. The van der Waals surface area contributed by atoms with Gasteiger partial charge in [-0.25, -0.2) is 29.5 Å². The van der Waals surface area contributed by atoms with Gasteiger partial charge in [-0.1, -0.05) is 99.2 Å². The van der Waals surface area contributed by atoms with Gasteiger partial charge in [0.1, 0.15) is 0 Å². The van der Waals surface area contributed by atoms with Crippen molar-refractivity contribution in [2.24, 2.45) is 0 Å². The molecular weight excluding hydrogens is 1130 g/mol. The van der Waals surface area contributed by atoms with Crippen LogP contribution in [0.25, 0.3) is 56.5 Å². The van der Waals surface area contributed by atoms with Crippen LogP contribution >= 0.6 is 0 Å². The van der Waals surface area contributed by atoms with E-state index in [2.05, 4.69) is 80.0 Å². The Kier molecular flexibility index (Phi) is 16.2. The molecule has 20 heteroatoms. The number of piperazine rings is 2. The quantitative estimate of drug-likeness (QED) is 0.131. The molecule has 4 aliphatic heterocycles. The van der Waals surface area contributed by atoms with Crippen molar-refractivity contribution in [3.8, 4) is 22.5 Å². The maximum absolute atomic E-state index is 14.3. The van der Waals surface area contributed by atoms with E-state index in [9.17, 15) is 32.7 Å². The van der Waals surface area contributed by atoms with Crippen LogP contribution in [0.5, 0.6) is 0 Å². The van der Waals surface area contributed by atoms with Crippen LogP contribution in [0, 0.1) is 0 Å². The van der Waals surface area contributed by atoms with Crippen molar-refractivity contribution < 1.29 is 32.7 Å². The molecule has 19 nitrogen and oxygen atoms in total. The molecule has 2 saturated carbocycles. The number of amides is 3. The number of nitrogens with zero attached hydrogens (tertiary/aromatic N) is 11. The van der Waals surface area contributed by atoms with E-state index in [0.717, 1.165) is 98.3 Å². The summed E-state index contributed by atoms with van der Waals surface area (Å²) in [7, 11) is -1.22. The fraction of sp³-hybridized carbons (Fsp3) is 0.353. The number of aromatic carboxylic acids is 1. The molecule has 8 heterocycles. The number of carbonyl (C=O) groups excluding carboxylic acids is 3. The summed E-state index contributed by atoms with van der Waals surface area (Å²) in [5, 5.41) is 12.0. The predicted octanol–water partition coefficient (Wildman–Crippen LogP) is 10.0. The van der Waals surface area contributed by atoms with Gasteiger partial charge < -0.3 is 33.8 Å². The second-order valence-corrected chi connectivity index (χ2v) is 25.9. The highest BCUT2D eigenvalue weighted by Crippen LogP contribution is 2.49. The lowest BCUT2D eigenvalue weighted by Crippen LogP contribution is -2.49. The second kappa shape index (κ2) is 24.6. The Balaban J connectivity index is 0.000000164. The molecule has 14 rings (SSSR count). The molecule has 4 aromatic carbocycles. The minimum Gasteiger partial charge on any atom is -0.478 e. The smallest absolute Gasteiger partial charge is 0.335 e. The normalized spacial score (nSPS) is 17.4. The molecule has 88 heavy (non-hydrogen) atoms. The van der Waals surface area contributed by atoms with Crippen LogP contribution < -0.4 is 14.5 Å². The maximum atomic E-state index is 14.3. The predicted molar refractivity (Wildman–Crippen MR) is 341 cm³/mol. The molecular formula is C68H72N12O7S. The zero-order chi connectivity index (χ0) is 60.6. The van der Waals surface area contributed by atoms with Crippen LogP contribution in [0.2, 0.25) is 0 Å². The van der Waals surface area contributed by atoms with Crippen molar-refractivity contribution in [1.29, 1.82) is 0 Å². The molecule has 2 saturated heterocycles. The molecule has 8 aromatic rings. The SMILES string of the molecule is CN(C)S(=O)(=O)NC(=O)c1ccc2c(C3CCCCC3)c3n(c2c1)CC(C(=O)N1CCN(c2ncccn2)CC1)=Cc1ccccc1-3.O=C(O)c1ccc2c(C3CCCCC3)c3n(c2c1)CC(C(=O)N1CCN(c2ncccn2)CC1)=Cc1ccccc1-3. The van der Waals surface area contributed by atoms with Gasteiger partial charge in [-0.2, -0.15) is 12.7 Å². The minimum atomic E-state index is -3.97. The van der Waals surface area contributed by atoms with Crippen LogP contribution in [0.3, 0.4) is 0 Å². The fourth-order valence-corrected chi connectivity index (χ4v) is 14.6. The van der Waals surface area contributed by atoms with Gasteiger partial charge in [-0.05, 0) is 108 Å². The van der Waals surface area contributed by atoms with Gasteiger partial charge in [0.15, 0.2) is 0 Å². The number of rotatable bonds is 10. The molecule has 2 aliphatic carbocycles. The van der Waals surface area contributed by atoms with Crippen molar-refractivity contribution in [3.63, 3.8) is 0 Å². The number of carboxylic acid groups (broad SMARTS) is 1. The summed E-state index contributed by atoms with van der Waals surface area (Å²) in [6, 6.07) is 31.1. The lowest BCUT2D eigenvalue weighted by atomic mass is 9.81. The number of nitrogens with one attached hydrogen (secondary N) is 1. The van der Waals surface area contributed by atoms with Gasteiger partial charge in [0.05, 0.1) is 30.0 Å². The first-order valence-electron chi connectivity index (χ1n) is 30.8. The number of aromatic nitrogens is 6. The largest absolute Gasteiger partial charge is 0.478 e. The third kappa shape index (κ3) is 11.3. The van der Waals surface area contributed by atoms with E-state index in [1.165, 1.54) is 50.9 Å². The Bertz CT molecular complexity index is 4170. The Labute approximate surface area is 512 Å². The van der Waals surface area contributed by atoms with E-state index in [1.807, 2.05) is 46.2 Å². The molecule has 0 unspecified atom stereocenters. The summed E-state index contributed by atoms with van der Waals surface area (Å²) in [6.07, 6.45) is 22.6. The topological polar surface area (TPSA) is 212 Å². The van der Waals surface area contributed by atoms with Crippen LogP contribution in [0.1, 0.15) is 119 Å². The third-order valence-electron chi connectivity index (χ3n) is 18.5. The second-order valence-electron chi connectivity index (χ2n) is 24.0. The molecule has 0 spiro atoms. The zero-order valence-electron chi connectivity index (χ0n) is 49.7. The van der Waals surface area contributed by atoms with E-state index in [1.54, 1.807) is 61.2 Å². The summed E-state index contributed by atoms with van der Waals surface area (Å²) in [6.45, 7) is 5.62. The third-order valence-corrected chi connectivity index (χ3v) is 20.0. The Morgan fingerprint density at radius 3 is 1.35 bits per heavy atom. The van der Waals surface area contributed by atoms with E-state index < -0.39 is 22.1 Å². The first-order valence-corrected chi connectivity index (χ1v) is 32.3. The van der Waals surface area contributed by atoms with Gasteiger partial charge in [0.2, 0.25) is 11.9 Å². The average Bonchev–Trinajstić information content (AvgIpc) is 1.70. The average molecular weight is 1200 g/mol. The van der Waals surface area contributed by atoms with E-state index in [-0.39, 0.29) is 22.9 Å². The summed E-state index contributed by atoms with van der Waals surface area (Å²) >= 11 is 0. The molecule has 3 amide bonds. The number of benzene rings is 4. The molecule has 4 fully saturated rings. The highest BCUT2D eigenvalue weighted by molar-refractivity contribution is 7.87. The first-order chi connectivity index (χ1) is 42.8. The summed E-state index contributed by atoms with van der Waals surface area (Å²) in [4.78, 5) is 79.1. The summed E-state index contributed by atoms with van der Waals surface area (Å²) in [5.41, 5.74) is 12.5. The van der Waals surface area contributed by atoms with Crippen molar-refractivity contribution in [2.75, 3.05) is 76.3 Å². The molecule has 4 aromatic heterocycles. The Hall–Kier alpha value is -9.01. The van der Waals surface area contributed by atoms with Crippen LogP contribution in [-0.2, 0) is 32.9 Å². The van der Waals surface area contributed by atoms with Crippen LogP contribution in [-0.4, -0.2) is 147 Å². The number of carbonyl (C=O) groups is 4. The highest BCUT2D eigenvalue weighted by atomic mass is 32.2. The molecule has 0 radical (unpaired) electrons. The summed E-state index contributed by atoms with van der Waals surface area (Å²) in [5.74, 6) is 0.477. The van der Waals surface area contributed by atoms with E-state index in [0.29, 0.717) is 100 Å². The Morgan fingerprint density at radius 1 is 0.523 bits per heavy atom. The van der Waals surface area contributed by atoms with E-state index >= 15 is 0 Å². The molecule has 2 N–H and O–H groups in total. The van der Waals surface area contributed by atoms with Crippen LogP contribution in [0.15, 0.2) is 133 Å². The van der Waals surface area contributed by atoms with Crippen molar-refractivity contribution in [1.82, 2.24) is 47.9 Å². The van der Waals surface area contributed by atoms with Gasteiger partial charge in [-0.15, -0.1) is 0 Å². The molecule has 0 bridgehead atoms. The number of fused-ring (bicyclic) bond motifs is 10. The molecule has 452 valence electrons. The number of anilines is 2. The fourth-order valence-electron chi connectivity index (χ4n) is 14.1. The first kappa shape index (κ1) is 58.0. The molecule has 6 aliphatic rings. The van der Waals surface area contributed by atoms with Crippen molar-refractivity contribution in [3.05, 3.63) is 166 Å². The summed E-state index contributed by atoms with van der Waals surface area (Å²) < 4.78 is 32.5. The van der Waals surface area contributed by atoms with Gasteiger partial charge >= 0.3 is 16.2 Å². The van der Waals surface area contributed by atoms with Crippen LogP contribution in [0.4, 0.5) is 11.9 Å². The number of hydrogen-bond donors (Lipinski definition) is 2. The van der Waals surface area contributed by atoms with Crippen molar-refractivity contribution in [2.45, 2.75) is 89.1 Å². The highest BCUT2D eigenvalue weighted by Gasteiger charge is 2.35. The van der Waals surface area contributed by atoms with Crippen molar-refractivity contribution >= 4 is 79.8 Å². The van der Waals surface area contributed by atoms with Gasteiger partial charge in [0, 0.05) is 141 Å².